The maximum absolute atomic E-state index is 13.2. The molecule has 0 aromatic rings. The molecule has 3 fully saturated rings. The van der Waals surface area contributed by atoms with Gasteiger partial charge in [0, 0.05) is 51.6 Å². The molecule has 0 saturated carbocycles. The number of hydrogen-bond donors (Lipinski definition) is 2. The SMILES string of the molecule is CC(=O)NC[C@H]1C(=O)N2C[C@@H](NC(C)=O)C[C@H]2CN1C1CCN(C)CC1. The Morgan fingerprint density at radius 2 is 1.77 bits per heavy atom. The summed E-state index contributed by atoms with van der Waals surface area (Å²) in [4.78, 5) is 42.5. The Balaban J connectivity index is 1.74. The standard InChI is InChI=1S/C18H31N5O3/c1-12(24)19-9-17-18(26)23-10-14(20-13(2)25)8-16(23)11-22(17)15-4-6-21(3)7-5-15/h14-17H,4-11H2,1-3H3,(H,19,24)(H,20,25)/t14-,16-,17-/m0/s1. The fourth-order valence-electron chi connectivity index (χ4n) is 4.63. The highest BCUT2D eigenvalue weighted by atomic mass is 16.2. The molecule has 3 rings (SSSR count). The van der Waals surface area contributed by atoms with E-state index in [1.54, 1.807) is 0 Å². The van der Waals surface area contributed by atoms with E-state index in [4.69, 9.17) is 0 Å². The fourth-order valence-corrected chi connectivity index (χ4v) is 4.63. The molecule has 8 heteroatoms. The van der Waals surface area contributed by atoms with Crippen LogP contribution in [0.2, 0.25) is 0 Å². The van der Waals surface area contributed by atoms with E-state index >= 15 is 0 Å². The molecule has 3 saturated heterocycles. The predicted molar refractivity (Wildman–Crippen MR) is 97.4 cm³/mol. The molecule has 0 spiro atoms. The average molecular weight is 365 g/mol. The molecular formula is C18H31N5O3. The molecule has 3 heterocycles. The van der Waals surface area contributed by atoms with Crippen LogP contribution >= 0.6 is 0 Å². The maximum Gasteiger partial charge on any atom is 0.242 e. The number of carbonyl (C=O) groups is 3. The molecule has 8 nitrogen and oxygen atoms in total. The largest absolute Gasteiger partial charge is 0.354 e. The van der Waals surface area contributed by atoms with E-state index in [1.165, 1.54) is 13.8 Å². The number of amides is 3. The number of nitrogens with one attached hydrogen (secondary N) is 2. The van der Waals surface area contributed by atoms with Gasteiger partial charge in [0.05, 0.1) is 0 Å². The summed E-state index contributed by atoms with van der Waals surface area (Å²) in [7, 11) is 2.13. The third kappa shape index (κ3) is 4.17. The van der Waals surface area contributed by atoms with Crippen molar-refractivity contribution in [3.05, 3.63) is 0 Å². The number of fused-ring (bicyclic) bond motifs is 1. The van der Waals surface area contributed by atoms with Crippen LogP contribution < -0.4 is 10.6 Å². The van der Waals surface area contributed by atoms with Crippen LogP contribution in [0.25, 0.3) is 0 Å². The molecule has 146 valence electrons. The third-order valence-corrected chi connectivity index (χ3v) is 5.91. The number of nitrogens with zero attached hydrogens (tertiary/aromatic N) is 3. The van der Waals surface area contributed by atoms with Crippen LogP contribution in [0.4, 0.5) is 0 Å². The van der Waals surface area contributed by atoms with Gasteiger partial charge in [0.15, 0.2) is 0 Å². The highest BCUT2D eigenvalue weighted by Gasteiger charge is 2.47. The molecule has 0 unspecified atom stereocenters. The van der Waals surface area contributed by atoms with Gasteiger partial charge < -0.3 is 20.4 Å². The normalized spacial score (nSPS) is 31.0. The van der Waals surface area contributed by atoms with E-state index in [9.17, 15) is 14.4 Å². The summed E-state index contributed by atoms with van der Waals surface area (Å²) in [5.41, 5.74) is 0. The van der Waals surface area contributed by atoms with Crippen LogP contribution in [-0.2, 0) is 14.4 Å². The summed E-state index contributed by atoms with van der Waals surface area (Å²) >= 11 is 0. The van der Waals surface area contributed by atoms with Crippen molar-refractivity contribution in [3.63, 3.8) is 0 Å². The van der Waals surface area contributed by atoms with Crippen LogP contribution in [0.3, 0.4) is 0 Å². The molecule has 0 bridgehead atoms. The molecule has 3 atom stereocenters. The number of hydrogen-bond acceptors (Lipinski definition) is 5. The van der Waals surface area contributed by atoms with Crippen molar-refractivity contribution in [2.45, 2.75) is 57.3 Å². The Bertz CT molecular complexity index is 561. The summed E-state index contributed by atoms with van der Waals surface area (Å²) < 4.78 is 0. The number of carbonyl (C=O) groups excluding carboxylic acids is 3. The van der Waals surface area contributed by atoms with Gasteiger partial charge in [-0.1, -0.05) is 0 Å². The molecule has 0 aliphatic carbocycles. The van der Waals surface area contributed by atoms with Gasteiger partial charge in [-0.25, -0.2) is 0 Å². The zero-order valence-electron chi connectivity index (χ0n) is 16.0. The number of piperazine rings is 1. The van der Waals surface area contributed by atoms with Crippen molar-refractivity contribution in [2.24, 2.45) is 0 Å². The highest BCUT2D eigenvalue weighted by Crippen LogP contribution is 2.30. The first-order valence-electron chi connectivity index (χ1n) is 9.61. The van der Waals surface area contributed by atoms with E-state index < -0.39 is 0 Å². The van der Waals surface area contributed by atoms with Crippen LogP contribution in [0, 0.1) is 0 Å². The fraction of sp³-hybridized carbons (Fsp3) is 0.833. The molecular weight excluding hydrogens is 334 g/mol. The molecule has 3 aliphatic heterocycles. The molecule has 0 aromatic heterocycles. The van der Waals surface area contributed by atoms with E-state index in [2.05, 4.69) is 27.5 Å². The van der Waals surface area contributed by atoms with Crippen molar-refractivity contribution in [1.29, 1.82) is 0 Å². The summed E-state index contributed by atoms with van der Waals surface area (Å²) in [5.74, 6) is -0.0770. The monoisotopic (exact) mass is 365 g/mol. The van der Waals surface area contributed by atoms with Crippen molar-refractivity contribution in [2.75, 3.05) is 39.8 Å². The van der Waals surface area contributed by atoms with Gasteiger partial charge in [-0.05, 0) is 39.4 Å². The lowest BCUT2D eigenvalue weighted by molar-refractivity contribution is -0.146. The van der Waals surface area contributed by atoms with Crippen LogP contribution in [0.15, 0.2) is 0 Å². The molecule has 3 aliphatic rings. The van der Waals surface area contributed by atoms with E-state index in [1.807, 2.05) is 4.90 Å². The third-order valence-electron chi connectivity index (χ3n) is 5.91. The summed E-state index contributed by atoms with van der Waals surface area (Å²) in [6, 6.07) is 0.239. The van der Waals surface area contributed by atoms with Crippen molar-refractivity contribution >= 4 is 17.7 Å². The Morgan fingerprint density at radius 1 is 1.08 bits per heavy atom. The first-order chi connectivity index (χ1) is 12.3. The first-order valence-corrected chi connectivity index (χ1v) is 9.61. The zero-order valence-corrected chi connectivity index (χ0v) is 16.0. The lowest BCUT2D eigenvalue weighted by atomic mass is 9.97. The quantitative estimate of drug-likeness (QED) is 0.668. The second-order valence-corrected chi connectivity index (χ2v) is 7.96. The van der Waals surface area contributed by atoms with Gasteiger partial charge >= 0.3 is 0 Å². The van der Waals surface area contributed by atoms with Crippen molar-refractivity contribution in [3.8, 4) is 0 Å². The lowest BCUT2D eigenvalue weighted by Gasteiger charge is -2.48. The second kappa shape index (κ2) is 7.92. The summed E-state index contributed by atoms with van der Waals surface area (Å²) in [6.45, 7) is 6.81. The molecule has 3 amide bonds. The van der Waals surface area contributed by atoms with Crippen LogP contribution in [-0.4, -0.2) is 96.4 Å². The summed E-state index contributed by atoms with van der Waals surface area (Å²) in [5, 5.41) is 5.79. The maximum atomic E-state index is 13.2. The van der Waals surface area contributed by atoms with Gasteiger partial charge in [-0.15, -0.1) is 0 Å². The molecule has 0 aromatic carbocycles. The topological polar surface area (TPSA) is 85.0 Å². The van der Waals surface area contributed by atoms with Gasteiger partial charge in [0.2, 0.25) is 17.7 Å². The van der Waals surface area contributed by atoms with Gasteiger partial charge in [-0.2, -0.15) is 0 Å². The van der Waals surface area contributed by atoms with E-state index in [0.29, 0.717) is 19.1 Å². The first kappa shape index (κ1) is 19.1. The minimum absolute atomic E-state index is 0.0281. The summed E-state index contributed by atoms with van der Waals surface area (Å²) in [6.07, 6.45) is 2.89. The van der Waals surface area contributed by atoms with Gasteiger partial charge in [0.25, 0.3) is 0 Å². The smallest absolute Gasteiger partial charge is 0.242 e. The van der Waals surface area contributed by atoms with Crippen molar-refractivity contribution in [1.82, 2.24) is 25.3 Å². The Morgan fingerprint density at radius 3 is 2.38 bits per heavy atom. The number of likely N-dealkylation sites (tertiary alicyclic amines) is 1. The van der Waals surface area contributed by atoms with Crippen LogP contribution in [0.5, 0.6) is 0 Å². The molecule has 2 N–H and O–H groups in total. The minimum Gasteiger partial charge on any atom is -0.354 e. The highest BCUT2D eigenvalue weighted by molar-refractivity contribution is 5.85. The molecule has 0 radical (unpaired) electrons. The Kier molecular flexibility index (Phi) is 5.82. The molecule has 26 heavy (non-hydrogen) atoms. The number of piperidine rings is 1. The van der Waals surface area contributed by atoms with E-state index in [0.717, 1.165) is 38.9 Å². The number of rotatable bonds is 4. The Labute approximate surface area is 155 Å². The minimum atomic E-state index is -0.306. The van der Waals surface area contributed by atoms with Gasteiger partial charge in [-0.3, -0.25) is 19.3 Å². The second-order valence-electron chi connectivity index (χ2n) is 7.96. The Hall–Kier alpha value is -1.67. The van der Waals surface area contributed by atoms with E-state index in [-0.39, 0.29) is 35.8 Å². The van der Waals surface area contributed by atoms with Crippen molar-refractivity contribution < 1.29 is 14.4 Å². The predicted octanol–water partition coefficient (Wildman–Crippen LogP) is -0.993. The van der Waals surface area contributed by atoms with Gasteiger partial charge in [0.1, 0.15) is 6.04 Å². The van der Waals surface area contributed by atoms with Crippen LogP contribution in [0.1, 0.15) is 33.1 Å². The lowest BCUT2D eigenvalue weighted by Crippen LogP contribution is -2.65. The zero-order chi connectivity index (χ0) is 18.8. The average Bonchev–Trinajstić information content (AvgIpc) is 2.96.